The van der Waals surface area contributed by atoms with Gasteiger partial charge in [-0.05, 0) is 62.6 Å². The van der Waals surface area contributed by atoms with Crippen molar-refractivity contribution in [2.75, 3.05) is 0 Å². The van der Waals surface area contributed by atoms with Crippen molar-refractivity contribution >= 4 is 5.91 Å². The summed E-state index contributed by atoms with van der Waals surface area (Å²) in [6, 6.07) is 11.6. The monoisotopic (exact) mass is 315 g/mol. The summed E-state index contributed by atoms with van der Waals surface area (Å²) in [7, 11) is 0. The number of hydrogen-bond acceptors (Lipinski definition) is 2. The van der Waals surface area contributed by atoms with Crippen molar-refractivity contribution in [3.8, 4) is 5.75 Å². The molecule has 0 radical (unpaired) electrons. The number of halogens is 1. The lowest BCUT2D eigenvalue weighted by atomic mass is 10.1. The highest BCUT2D eigenvalue weighted by Crippen LogP contribution is 2.22. The molecule has 0 saturated carbocycles. The van der Waals surface area contributed by atoms with Gasteiger partial charge in [0, 0.05) is 0 Å². The van der Waals surface area contributed by atoms with Crippen LogP contribution in [0.2, 0.25) is 0 Å². The van der Waals surface area contributed by atoms with E-state index in [0.29, 0.717) is 5.75 Å². The number of rotatable bonds is 5. The number of amides is 1. The van der Waals surface area contributed by atoms with E-state index in [9.17, 15) is 9.18 Å². The van der Waals surface area contributed by atoms with Crippen molar-refractivity contribution in [3.63, 3.8) is 0 Å². The van der Waals surface area contributed by atoms with Gasteiger partial charge in [-0.15, -0.1) is 0 Å². The molecule has 2 unspecified atom stereocenters. The Hall–Kier alpha value is -2.36. The third kappa shape index (κ3) is 4.31. The first-order chi connectivity index (χ1) is 10.9. The van der Waals surface area contributed by atoms with Gasteiger partial charge in [-0.2, -0.15) is 0 Å². The maximum absolute atomic E-state index is 12.9. The second-order valence-electron chi connectivity index (χ2n) is 5.74. The summed E-state index contributed by atoms with van der Waals surface area (Å²) in [6.45, 7) is 7.55. The second kappa shape index (κ2) is 7.27. The summed E-state index contributed by atoms with van der Waals surface area (Å²) in [6.07, 6.45) is -0.613. The molecule has 0 fully saturated rings. The van der Waals surface area contributed by atoms with E-state index in [4.69, 9.17) is 4.74 Å². The Morgan fingerprint density at radius 2 is 1.74 bits per heavy atom. The minimum Gasteiger partial charge on any atom is -0.481 e. The Morgan fingerprint density at radius 3 is 2.39 bits per heavy atom. The lowest BCUT2D eigenvalue weighted by Crippen LogP contribution is -2.37. The molecule has 0 aliphatic rings. The van der Waals surface area contributed by atoms with Crippen LogP contribution < -0.4 is 10.1 Å². The van der Waals surface area contributed by atoms with Gasteiger partial charge in [-0.1, -0.05) is 24.3 Å². The highest BCUT2D eigenvalue weighted by molar-refractivity contribution is 5.81. The predicted molar refractivity (Wildman–Crippen MR) is 89.0 cm³/mol. The topological polar surface area (TPSA) is 38.3 Å². The zero-order valence-corrected chi connectivity index (χ0v) is 13.9. The molecule has 1 N–H and O–H groups in total. The normalized spacial score (nSPS) is 13.3. The third-order valence-corrected chi connectivity index (χ3v) is 3.96. The lowest BCUT2D eigenvalue weighted by Gasteiger charge is -2.20. The average Bonchev–Trinajstić information content (AvgIpc) is 2.52. The Morgan fingerprint density at radius 1 is 1.09 bits per heavy atom. The molecule has 4 heteroatoms. The molecular formula is C19H22FNO2. The first-order valence-corrected chi connectivity index (χ1v) is 7.67. The maximum Gasteiger partial charge on any atom is 0.261 e. The van der Waals surface area contributed by atoms with Crippen LogP contribution >= 0.6 is 0 Å². The Balaban J connectivity index is 1.99. The lowest BCUT2D eigenvalue weighted by molar-refractivity contribution is -0.127. The molecule has 122 valence electrons. The van der Waals surface area contributed by atoms with Gasteiger partial charge in [-0.3, -0.25) is 4.79 Å². The van der Waals surface area contributed by atoms with Crippen LogP contribution in [0, 0.1) is 19.7 Å². The van der Waals surface area contributed by atoms with Gasteiger partial charge >= 0.3 is 0 Å². The first-order valence-electron chi connectivity index (χ1n) is 7.67. The predicted octanol–water partition coefficient (Wildman–Crippen LogP) is 4.09. The molecule has 2 atom stereocenters. The van der Waals surface area contributed by atoms with Gasteiger partial charge in [0.2, 0.25) is 0 Å². The molecule has 0 bridgehead atoms. The number of carbonyl (C=O) groups excluding carboxylic acids is 1. The quantitative estimate of drug-likeness (QED) is 0.902. The molecule has 2 rings (SSSR count). The van der Waals surface area contributed by atoms with Crippen molar-refractivity contribution in [3.05, 3.63) is 65.0 Å². The minimum absolute atomic E-state index is 0.206. The smallest absolute Gasteiger partial charge is 0.261 e. The fourth-order valence-corrected chi connectivity index (χ4v) is 2.26. The van der Waals surface area contributed by atoms with Gasteiger partial charge in [0.25, 0.3) is 5.91 Å². The highest BCUT2D eigenvalue weighted by atomic mass is 19.1. The zero-order chi connectivity index (χ0) is 17.0. The van der Waals surface area contributed by atoms with Crippen LogP contribution in [0.25, 0.3) is 0 Å². The van der Waals surface area contributed by atoms with Gasteiger partial charge < -0.3 is 10.1 Å². The average molecular weight is 315 g/mol. The SMILES string of the molecule is Cc1cccc(OC(C)C(=O)NC(C)c2ccc(F)cc2)c1C. The van der Waals surface area contributed by atoms with Crippen molar-refractivity contribution in [2.24, 2.45) is 0 Å². The van der Waals surface area contributed by atoms with Crippen LogP contribution in [0.1, 0.15) is 36.6 Å². The summed E-state index contributed by atoms with van der Waals surface area (Å²) in [5, 5.41) is 2.88. The number of ether oxygens (including phenoxy) is 1. The van der Waals surface area contributed by atoms with E-state index in [2.05, 4.69) is 5.32 Å². The van der Waals surface area contributed by atoms with Crippen LogP contribution in [0.3, 0.4) is 0 Å². The summed E-state index contributed by atoms with van der Waals surface area (Å²) in [4.78, 5) is 12.3. The molecule has 0 aromatic heterocycles. The van der Waals surface area contributed by atoms with Crippen molar-refractivity contribution in [1.29, 1.82) is 0 Å². The Bertz CT molecular complexity index is 682. The molecule has 3 nitrogen and oxygen atoms in total. The van der Waals surface area contributed by atoms with E-state index in [0.717, 1.165) is 16.7 Å². The molecule has 2 aromatic rings. The molecule has 0 aliphatic carbocycles. The van der Waals surface area contributed by atoms with E-state index in [1.54, 1.807) is 19.1 Å². The van der Waals surface area contributed by atoms with Gasteiger partial charge in [0.15, 0.2) is 6.10 Å². The van der Waals surface area contributed by atoms with Crippen LogP contribution in [0.15, 0.2) is 42.5 Å². The highest BCUT2D eigenvalue weighted by Gasteiger charge is 2.18. The number of carbonyl (C=O) groups is 1. The minimum atomic E-state index is -0.613. The molecule has 2 aromatic carbocycles. The van der Waals surface area contributed by atoms with Crippen LogP contribution in [-0.2, 0) is 4.79 Å². The van der Waals surface area contributed by atoms with E-state index in [-0.39, 0.29) is 17.8 Å². The van der Waals surface area contributed by atoms with Crippen molar-refractivity contribution in [1.82, 2.24) is 5.32 Å². The number of nitrogens with one attached hydrogen (secondary N) is 1. The number of hydrogen-bond donors (Lipinski definition) is 1. The molecule has 0 aliphatic heterocycles. The Kier molecular flexibility index (Phi) is 5.37. The maximum atomic E-state index is 12.9. The van der Waals surface area contributed by atoms with Crippen LogP contribution in [0.4, 0.5) is 4.39 Å². The van der Waals surface area contributed by atoms with E-state index in [1.807, 2.05) is 39.0 Å². The molecule has 1 amide bonds. The molecular weight excluding hydrogens is 293 g/mol. The molecule has 23 heavy (non-hydrogen) atoms. The summed E-state index contributed by atoms with van der Waals surface area (Å²) in [5.74, 6) is 0.212. The summed E-state index contributed by atoms with van der Waals surface area (Å²) < 4.78 is 18.7. The fraction of sp³-hybridized carbons (Fsp3) is 0.316. The summed E-state index contributed by atoms with van der Waals surface area (Å²) in [5.41, 5.74) is 2.99. The fourth-order valence-electron chi connectivity index (χ4n) is 2.26. The van der Waals surface area contributed by atoms with E-state index in [1.165, 1.54) is 12.1 Å². The van der Waals surface area contributed by atoms with Gasteiger partial charge in [0.1, 0.15) is 11.6 Å². The summed E-state index contributed by atoms with van der Waals surface area (Å²) >= 11 is 0. The Labute approximate surface area is 136 Å². The molecule has 0 saturated heterocycles. The van der Waals surface area contributed by atoms with Gasteiger partial charge in [-0.25, -0.2) is 4.39 Å². The third-order valence-electron chi connectivity index (χ3n) is 3.96. The molecule has 0 spiro atoms. The number of benzene rings is 2. The second-order valence-corrected chi connectivity index (χ2v) is 5.74. The van der Waals surface area contributed by atoms with Crippen LogP contribution in [0.5, 0.6) is 5.75 Å². The number of aryl methyl sites for hydroxylation is 1. The standard InChI is InChI=1S/C19H22FNO2/c1-12-6-5-7-18(13(12)2)23-15(4)19(22)21-14(3)16-8-10-17(20)11-9-16/h5-11,14-15H,1-4H3,(H,21,22). The van der Waals surface area contributed by atoms with E-state index < -0.39 is 6.10 Å². The molecule has 0 heterocycles. The van der Waals surface area contributed by atoms with Crippen molar-refractivity contribution < 1.29 is 13.9 Å². The van der Waals surface area contributed by atoms with Crippen LogP contribution in [-0.4, -0.2) is 12.0 Å². The largest absolute Gasteiger partial charge is 0.481 e. The first kappa shape index (κ1) is 17.0. The van der Waals surface area contributed by atoms with Gasteiger partial charge in [0.05, 0.1) is 6.04 Å². The zero-order valence-electron chi connectivity index (χ0n) is 13.9. The van der Waals surface area contributed by atoms with E-state index >= 15 is 0 Å². The van der Waals surface area contributed by atoms with Crippen molar-refractivity contribution in [2.45, 2.75) is 39.8 Å².